The van der Waals surface area contributed by atoms with Gasteiger partial charge in [0.1, 0.15) is 17.3 Å². The second-order valence-corrected chi connectivity index (χ2v) is 9.03. The molecule has 5 aromatic rings. The normalized spacial score (nSPS) is 11.7. The number of nitrogen functional groups attached to an aromatic ring is 1. The molecule has 0 radical (unpaired) electrons. The third-order valence-corrected chi connectivity index (χ3v) is 6.35. The van der Waals surface area contributed by atoms with Gasteiger partial charge in [-0.1, -0.05) is 17.7 Å². The molecule has 33 heavy (non-hydrogen) atoms. The van der Waals surface area contributed by atoms with Gasteiger partial charge in [-0.3, -0.25) is 5.10 Å². The van der Waals surface area contributed by atoms with E-state index < -0.39 is 5.82 Å². The van der Waals surface area contributed by atoms with E-state index in [1.165, 1.54) is 17.8 Å². The minimum Gasteiger partial charge on any atom is -0.383 e. The molecular formula is C22H20ClFN8S. The van der Waals surface area contributed by atoms with Gasteiger partial charge in [-0.25, -0.2) is 9.07 Å². The Bertz CT molecular complexity index is 1510. The molecule has 0 aliphatic rings. The van der Waals surface area contributed by atoms with E-state index in [1.54, 1.807) is 23.0 Å². The standard InChI is InChI=1S/C22H20ClFN8S/c1-10(2)32-21-17(19(31-32)12-5-6-14(23)18-13(12)9-26-30-18)20(25)28-22(29-21)27-16-7-4-11(33-3)8-15(16)24/h4-10H,1-3H3,(H,26,30)(H3,25,27,28,29). The molecule has 168 valence electrons. The lowest BCUT2D eigenvalue weighted by atomic mass is 10.1. The van der Waals surface area contributed by atoms with Crippen molar-refractivity contribution in [2.24, 2.45) is 0 Å². The lowest BCUT2D eigenvalue weighted by Crippen LogP contribution is -2.07. The fourth-order valence-corrected chi connectivity index (χ4v) is 4.35. The maximum atomic E-state index is 14.5. The Labute approximate surface area is 197 Å². The van der Waals surface area contributed by atoms with E-state index in [-0.39, 0.29) is 23.5 Å². The number of fused-ring (bicyclic) bond motifs is 2. The van der Waals surface area contributed by atoms with Crippen molar-refractivity contribution in [3.05, 3.63) is 47.4 Å². The van der Waals surface area contributed by atoms with Crippen LogP contribution in [0.5, 0.6) is 0 Å². The van der Waals surface area contributed by atoms with Crippen LogP contribution >= 0.6 is 23.4 Å². The molecular weight excluding hydrogens is 463 g/mol. The van der Waals surface area contributed by atoms with Crippen molar-refractivity contribution in [3.63, 3.8) is 0 Å². The van der Waals surface area contributed by atoms with Crippen molar-refractivity contribution < 1.29 is 4.39 Å². The second-order valence-electron chi connectivity index (χ2n) is 7.74. The summed E-state index contributed by atoms with van der Waals surface area (Å²) in [6.45, 7) is 4.00. The number of nitrogens with two attached hydrogens (primary N) is 1. The van der Waals surface area contributed by atoms with E-state index in [4.69, 9.17) is 22.4 Å². The summed E-state index contributed by atoms with van der Waals surface area (Å²) in [5.41, 5.74) is 9.36. The summed E-state index contributed by atoms with van der Waals surface area (Å²) in [5.74, 6) is 0.0246. The number of halogens is 2. The molecule has 0 saturated carbocycles. The molecule has 5 rings (SSSR count). The first-order chi connectivity index (χ1) is 15.9. The zero-order chi connectivity index (χ0) is 23.3. The first kappa shape index (κ1) is 21.5. The number of benzene rings is 2. The number of hydrogen-bond donors (Lipinski definition) is 3. The summed E-state index contributed by atoms with van der Waals surface area (Å²) in [6.07, 6.45) is 3.59. The van der Waals surface area contributed by atoms with Gasteiger partial charge in [-0.05, 0) is 44.4 Å². The first-order valence-electron chi connectivity index (χ1n) is 10.2. The predicted octanol–water partition coefficient (Wildman–Crippen LogP) is 5.79. The average Bonchev–Trinajstić information content (AvgIpc) is 3.42. The van der Waals surface area contributed by atoms with Crippen molar-refractivity contribution in [2.45, 2.75) is 24.8 Å². The van der Waals surface area contributed by atoms with Gasteiger partial charge in [0.05, 0.1) is 27.8 Å². The van der Waals surface area contributed by atoms with Crippen LogP contribution in [0.2, 0.25) is 5.02 Å². The fraction of sp³-hybridized carbons (Fsp3) is 0.182. The van der Waals surface area contributed by atoms with Crippen LogP contribution in [0.3, 0.4) is 0 Å². The molecule has 2 aromatic carbocycles. The molecule has 4 N–H and O–H groups in total. The monoisotopic (exact) mass is 482 g/mol. The molecule has 0 fully saturated rings. The predicted molar refractivity (Wildman–Crippen MR) is 132 cm³/mol. The van der Waals surface area contributed by atoms with Crippen LogP contribution in [0.15, 0.2) is 41.4 Å². The second kappa shape index (κ2) is 8.20. The summed E-state index contributed by atoms with van der Waals surface area (Å²) in [7, 11) is 0. The molecule has 3 heterocycles. The zero-order valence-electron chi connectivity index (χ0n) is 18.0. The lowest BCUT2D eigenvalue weighted by Gasteiger charge is -2.10. The van der Waals surface area contributed by atoms with Crippen molar-refractivity contribution in [2.75, 3.05) is 17.3 Å². The van der Waals surface area contributed by atoms with Crippen LogP contribution in [0.1, 0.15) is 19.9 Å². The van der Waals surface area contributed by atoms with Gasteiger partial charge in [-0.15, -0.1) is 11.8 Å². The number of hydrogen-bond acceptors (Lipinski definition) is 7. The zero-order valence-corrected chi connectivity index (χ0v) is 19.6. The number of thioether (sulfide) groups is 1. The van der Waals surface area contributed by atoms with Crippen molar-refractivity contribution in [1.29, 1.82) is 0 Å². The summed E-state index contributed by atoms with van der Waals surface area (Å²) in [5, 5.41) is 16.8. The maximum Gasteiger partial charge on any atom is 0.231 e. The Morgan fingerprint density at radius 3 is 2.76 bits per heavy atom. The molecule has 0 aliphatic carbocycles. The van der Waals surface area contributed by atoms with E-state index in [0.717, 1.165) is 15.8 Å². The highest BCUT2D eigenvalue weighted by Gasteiger charge is 2.22. The van der Waals surface area contributed by atoms with Crippen LogP contribution in [0.4, 0.5) is 21.8 Å². The van der Waals surface area contributed by atoms with Gasteiger partial charge in [0.2, 0.25) is 5.95 Å². The fourth-order valence-electron chi connectivity index (χ4n) is 3.72. The smallest absolute Gasteiger partial charge is 0.231 e. The van der Waals surface area contributed by atoms with Crippen LogP contribution in [0, 0.1) is 5.82 Å². The topological polar surface area (TPSA) is 110 Å². The largest absolute Gasteiger partial charge is 0.383 e. The molecule has 8 nitrogen and oxygen atoms in total. The van der Waals surface area contributed by atoms with Gasteiger partial charge in [0.15, 0.2) is 5.65 Å². The van der Waals surface area contributed by atoms with E-state index in [9.17, 15) is 4.39 Å². The first-order valence-corrected chi connectivity index (χ1v) is 11.8. The Morgan fingerprint density at radius 2 is 2.03 bits per heavy atom. The molecule has 0 amide bonds. The Morgan fingerprint density at radius 1 is 1.21 bits per heavy atom. The molecule has 0 spiro atoms. The average molecular weight is 483 g/mol. The highest BCUT2D eigenvalue weighted by molar-refractivity contribution is 7.98. The Balaban J connectivity index is 1.68. The number of H-pyrrole nitrogens is 1. The van der Waals surface area contributed by atoms with E-state index in [1.807, 2.05) is 32.2 Å². The minimum atomic E-state index is -0.398. The van der Waals surface area contributed by atoms with E-state index in [2.05, 4.69) is 25.5 Å². The third kappa shape index (κ3) is 3.65. The number of rotatable bonds is 5. The number of nitrogens with zero attached hydrogens (tertiary/aromatic N) is 5. The number of nitrogens with one attached hydrogen (secondary N) is 2. The highest BCUT2D eigenvalue weighted by Crippen LogP contribution is 2.38. The molecule has 0 bridgehead atoms. The molecule has 0 atom stereocenters. The summed E-state index contributed by atoms with van der Waals surface area (Å²) in [6, 6.07) is 8.59. The number of aromatic nitrogens is 6. The van der Waals surface area contributed by atoms with Crippen molar-refractivity contribution in [1.82, 2.24) is 29.9 Å². The van der Waals surface area contributed by atoms with E-state index >= 15 is 0 Å². The van der Waals surface area contributed by atoms with Crippen molar-refractivity contribution in [3.8, 4) is 11.3 Å². The van der Waals surface area contributed by atoms with Gasteiger partial charge in [0, 0.05) is 21.9 Å². The molecule has 0 aliphatic heterocycles. The van der Waals surface area contributed by atoms with Crippen LogP contribution in [-0.2, 0) is 0 Å². The minimum absolute atomic E-state index is 0.00635. The summed E-state index contributed by atoms with van der Waals surface area (Å²) >= 11 is 7.77. The maximum absolute atomic E-state index is 14.5. The Kier molecular flexibility index (Phi) is 5.34. The van der Waals surface area contributed by atoms with Crippen LogP contribution in [0.25, 0.3) is 33.2 Å². The van der Waals surface area contributed by atoms with Gasteiger partial charge in [-0.2, -0.15) is 20.2 Å². The van der Waals surface area contributed by atoms with E-state index in [0.29, 0.717) is 27.3 Å². The SMILES string of the molecule is CSc1ccc(Nc2nc(N)c3c(-c4ccc(Cl)c5[nH]ncc45)nn(C(C)C)c3n2)c(F)c1. The van der Waals surface area contributed by atoms with Gasteiger partial charge in [0.25, 0.3) is 0 Å². The highest BCUT2D eigenvalue weighted by atomic mass is 35.5. The number of anilines is 3. The lowest BCUT2D eigenvalue weighted by molar-refractivity contribution is 0.548. The van der Waals surface area contributed by atoms with Crippen LogP contribution in [-0.4, -0.2) is 36.2 Å². The quantitative estimate of drug-likeness (QED) is 0.272. The molecule has 0 unspecified atom stereocenters. The van der Waals surface area contributed by atoms with Gasteiger partial charge < -0.3 is 11.1 Å². The van der Waals surface area contributed by atoms with Crippen LogP contribution < -0.4 is 11.1 Å². The number of aromatic amines is 1. The molecule has 0 saturated heterocycles. The van der Waals surface area contributed by atoms with Gasteiger partial charge >= 0.3 is 0 Å². The summed E-state index contributed by atoms with van der Waals surface area (Å²) < 4.78 is 16.3. The third-order valence-electron chi connectivity index (χ3n) is 5.31. The summed E-state index contributed by atoms with van der Waals surface area (Å²) in [4.78, 5) is 9.87. The molecule has 11 heteroatoms. The van der Waals surface area contributed by atoms with Crippen molar-refractivity contribution >= 4 is 62.8 Å². The Hall–Kier alpha value is -3.37. The molecule has 3 aromatic heterocycles.